The maximum absolute atomic E-state index is 14.2. The number of ether oxygens (including phenoxy) is 1. The molecule has 2 aromatic rings. The molecule has 2 aliphatic rings. The largest absolute Gasteiger partial charge is 0.459 e. The van der Waals surface area contributed by atoms with E-state index < -0.39 is 23.6 Å². The highest BCUT2D eigenvalue weighted by molar-refractivity contribution is 5.94. The van der Waals surface area contributed by atoms with Crippen LogP contribution in [0, 0.1) is 12.8 Å². The minimum Gasteiger partial charge on any atom is -0.459 e. The van der Waals surface area contributed by atoms with E-state index in [0.29, 0.717) is 18.0 Å². The molecular weight excluding hydrogens is 502 g/mol. The molecule has 0 aromatic heterocycles. The fraction of sp³-hybridized carbons (Fsp3) is 0.545. The van der Waals surface area contributed by atoms with E-state index in [1.807, 2.05) is 70.2 Å². The quantitative estimate of drug-likeness (QED) is 0.384. The molecule has 0 radical (unpaired) electrons. The predicted octanol–water partition coefficient (Wildman–Crippen LogP) is 6.57. The molecule has 4 rings (SSSR count). The van der Waals surface area contributed by atoms with Gasteiger partial charge in [-0.3, -0.25) is 9.59 Å². The van der Waals surface area contributed by atoms with Crippen molar-refractivity contribution in [1.82, 2.24) is 10.2 Å². The van der Waals surface area contributed by atoms with Crippen LogP contribution in [0.5, 0.6) is 0 Å². The number of benzene rings is 2. The van der Waals surface area contributed by atoms with E-state index in [9.17, 15) is 14.4 Å². The van der Waals surface area contributed by atoms with Crippen molar-refractivity contribution in [3.05, 3.63) is 65.7 Å². The molecular formula is C33H45N3O4. The van der Waals surface area contributed by atoms with Crippen LogP contribution in [0.2, 0.25) is 0 Å². The number of rotatable bonds is 7. The van der Waals surface area contributed by atoms with Crippen LogP contribution in [0.1, 0.15) is 89.2 Å². The standard InChI is InChI=1S/C33H45N3O4/c1-23-12-11-17-27(18-23)34-32(39)35-29-21-26(25-15-9-6-10-16-25)20-28(19-24-13-7-5-8-14-24)36(31(29)38)22-30(37)40-33(2,3)4/h6,9-12,15-18,24,26,28-29H,5,7-8,13-14,19-22H2,1-4H3,(H2,34,35,39). The van der Waals surface area contributed by atoms with Gasteiger partial charge in [0.05, 0.1) is 0 Å². The molecule has 2 aromatic carbocycles. The van der Waals surface area contributed by atoms with Crippen molar-refractivity contribution < 1.29 is 19.1 Å². The van der Waals surface area contributed by atoms with Gasteiger partial charge in [-0.15, -0.1) is 0 Å². The summed E-state index contributed by atoms with van der Waals surface area (Å²) in [5, 5.41) is 5.84. The highest BCUT2D eigenvalue weighted by atomic mass is 16.6. The number of anilines is 1. The Balaban J connectivity index is 1.62. The summed E-state index contributed by atoms with van der Waals surface area (Å²) in [5.41, 5.74) is 2.19. The van der Waals surface area contributed by atoms with Crippen molar-refractivity contribution >= 4 is 23.6 Å². The Morgan fingerprint density at radius 1 is 0.975 bits per heavy atom. The fourth-order valence-electron chi connectivity index (χ4n) is 6.23. The number of esters is 1. The maximum Gasteiger partial charge on any atom is 0.326 e. The first-order chi connectivity index (χ1) is 19.1. The number of urea groups is 1. The van der Waals surface area contributed by atoms with Gasteiger partial charge in [0.1, 0.15) is 18.2 Å². The smallest absolute Gasteiger partial charge is 0.326 e. The van der Waals surface area contributed by atoms with E-state index in [2.05, 4.69) is 22.8 Å². The zero-order chi connectivity index (χ0) is 28.7. The first-order valence-corrected chi connectivity index (χ1v) is 14.8. The summed E-state index contributed by atoms with van der Waals surface area (Å²) >= 11 is 0. The molecule has 2 fully saturated rings. The lowest BCUT2D eigenvalue weighted by Crippen LogP contribution is -2.53. The Labute approximate surface area is 239 Å². The molecule has 1 aliphatic carbocycles. The van der Waals surface area contributed by atoms with Gasteiger partial charge >= 0.3 is 12.0 Å². The highest BCUT2D eigenvalue weighted by Gasteiger charge is 2.40. The van der Waals surface area contributed by atoms with Crippen LogP contribution in [0.4, 0.5) is 10.5 Å². The molecule has 1 heterocycles. The van der Waals surface area contributed by atoms with Crippen molar-refractivity contribution in [1.29, 1.82) is 0 Å². The van der Waals surface area contributed by atoms with Gasteiger partial charge in [0, 0.05) is 11.7 Å². The Bertz CT molecular complexity index is 1150. The molecule has 40 heavy (non-hydrogen) atoms. The molecule has 7 nitrogen and oxygen atoms in total. The number of hydrogen-bond acceptors (Lipinski definition) is 4. The molecule has 1 aliphatic heterocycles. The minimum absolute atomic E-state index is 0.0617. The molecule has 0 spiro atoms. The summed E-state index contributed by atoms with van der Waals surface area (Å²) < 4.78 is 5.65. The number of nitrogens with zero attached hydrogens (tertiary/aromatic N) is 1. The van der Waals surface area contributed by atoms with Gasteiger partial charge in [-0.1, -0.05) is 74.6 Å². The lowest BCUT2D eigenvalue weighted by atomic mass is 9.81. The average Bonchev–Trinajstić information content (AvgIpc) is 3.01. The van der Waals surface area contributed by atoms with Crippen LogP contribution >= 0.6 is 0 Å². The number of carbonyl (C=O) groups excluding carboxylic acids is 3. The number of likely N-dealkylation sites (tertiary alicyclic amines) is 1. The topological polar surface area (TPSA) is 87.7 Å². The van der Waals surface area contributed by atoms with Gasteiger partial charge < -0.3 is 20.3 Å². The van der Waals surface area contributed by atoms with Gasteiger partial charge in [-0.05, 0) is 82.1 Å². The molecule has 7 heteroatoms. The van der Waals surface area contributed by atoms with Crippen LogP contribution < -0.4 is 10.6 Å². The lowest BCUT2D eigenvalue weighted by Gasteiger charge is -2.35. The minimum atomic E-state index is -0.770. The van der Waals surface area contributed by atoms with Crippen molar-refractivity contribution in [2.24, 2.45) is 5.92 Å². The van der Waals surface area contributed by atoms with Gasteiger partial charge in [0.15, 0.2) is 0 Å². The van der Waals surface area contributed by atoms with Crippen LogP contribution in [-0.2, 0) is 14.3 Å². The fourth-order valence-corrected chi connectivity index (χ4v) is 6.23. The Morgan fingerprint density at radius 3 is 2.38 bits per heavy atom. The van der Waals surface area contributed by atoms with Gasteiger partial charge in [-0.2, -0.15) is 0 Å². The van der Waals surface area contributed by atoms with E-state index in [1.54, 1.807) is 4.90 Å². The number of carbonyl (C=O) groups is 3. The first-order valence-electron chi connectivity index (χ1n) is 14.8. The van der Waals surface area contributed by atoms with E-state index in [1.165, 1.54) is 19.3 Å². The molecule has 3 atom stereocenters. The zero-order valence-electron chi connectivity index (χ0n) is 24.4. The van der Waals surface area contributed by atoms with E-state index >= 15 is 0 Å². The number of aryl methyl sites for hydroxylation is 1. The maximum atomic E-state index is 14.2. The lowest BCUT2D eigenvalue weighted by molar-refractivity contribution is -0.160. The first kappa shape index (κ1) is 29.6. The summed E-state index contributed by atoms with van der Waals surface area (Å²) in [6.07, 6.45) is 8.06. The van der Waals surface area contributed by atoms with Gasteiger partial charge in [0.25, 0.3) is 0 Å². The monoisotopic (exact) mass is 547 g/mol. The van der Waals surface area contributed by atoms with E-state index in [0.717, 1.165) is 36.8 Å². The molecule has 1 saturated heterocycles. The third-order valence-electron chi connectivity index (χ3n) is 8.00. The zero-order valence-corrected chi connectivity index (χ0v) is 24.4. The SMILES string of the molecule is Cc1cccc(NC(=O)NC2CC(c3ccccc3)CC(CC3CCCCC3)N(CC(=O)OC(C)(C)C)C2=O)c1. The predicted molar refractivity (Wildman–Crippen MR) is 158 cm³/mol. The molecule has 3 amide bonds. The second kappa shape index (κ2) is 13.3. The van der Waals surface area contributed by atoms with Crippen molar-refractivity contribution in [2.75, 3.05) is 11.9 Å². The number of hydrogen-bond donors (Lipinski definition) is 2. The summed E-state index contributed by atoms with van der Waals surface area (Å²) in [6, 6.07) is 16.5. The highest BCUT2D eigenvalue weighted by Crippen LogP contribution is 2.37. The van der Waals surface area contributed by atoms with Crippen molar-refractivity contribution in [2.45, 2.75) is 103 Å². The second-order valence-corrected chi connectivity index (χ2v) is 12.5. The number of nitrogens with one attached hydrogen (secondary N) is 2. The second-order valence-electron chi connectivity index (χ2n) is 12.5. The van der Waals surface area contributed by atoms with Crippen LogP contribution in [0.15, 0.2) is 54.6 Å². The Kier molecular flexibility index (Phi) is 9.88. The summed E-state index contributed by atoms with van der Waals surface area (Å²) in [6.45, 7) is 7.34. The van der Waals surface area contributed by atoms with Crippen molar-refractivity contribution in [3.8, 4) is 0 Å². The summed E-state index contributed by atoms with van der Waals surface area (Å²) in [5.74, 6) is -0.0509. The summed E-state index contributed by atoms with van der Waals surface area (Å²) in [4.78, 5) is 42.1. The van der Waals surface area contributed by atoms with E-state index in [4.69, 9.17) is 4.74 Å². The molecule has 0 bridgehead atoms. The van der Waals surface area contributed by atoms with Crippen LogP contribution in [0.25, 0.3) is 0 Å². The van der Waals surface area contributed by atoms with E-state index in [-0.39, 0.29) is 24.4 Å². The molecule has 216 valence electrons. The van der Waals surface area contributed by atoms with Crippen LogP contribution in [-0.4, -0.2) is 47.0 Å². The Morgan fingerprint density at radius 2 is 1.70 bits per heavy atom. The normalized spacial score (nSPS) is 22.4. The van der Waals surface area contributed by atoms with Gasteiger partial charge in [-0.25, -0.2) is 4.79 Å². The molecule has 3 unspecified atom stereocenters. The Hall–Kier alpha value is -3.35. The average molecular weight is 548 g/mol. The number of amides is 3. The van der Waals surface area contributed by atoms with Gasteiger partial charge in [0.2, 0.25) is 5.91 Å². The third kappa shape index (κ3) is 8.57. The van der Waals surface area contributed by atoms with Crippen molar-refractivity contribution in [3.63, 3.8) is 0 Å². The molecule has 2 N–H and O–H groups in total. The third-order valence-corrected chi connectivity index (χ3v) is 8.00. The summed E-state index contributed by atoms with van der Waals surface area (Å²) in [7, 11) is 0. The molecule has 1 saturated carbocycles. The van der Waals surface area contributed by atoms with Crippen LogP contribution in [0.3, 0.4) is 0 Å².